The SMILES string of the molecule is Cc1ccc(NC(=O)C2CCN(S(=O)(=O)Cc3ccc(Cl)c(Cl)c3)CC2)c(C)c1. The lowest BCUT2D eigenvalue weighted by molar-refractivity contribution is -0.120. The van der Waals surface area contributed by atoms with Crippen LogP contribution < -0.4 is 5.32 Å². The van der Waals surface area contributed by atoms with Crippen molar-refractivity contribution in [2.75, 3.05) is 18.4 Å². The first-order chi connectivity index (χ1) is 13.7. The Morgan fingerprint density at radius 3 is 2.38 bits per heavy atom. The summed E-state index contributed by atoms with van der Waals surface area (Å²) in [6, 6.07) is 10.7. The van der Waals surface area contributed by atoms with E-state index >= 15 is 0 Å². The third kappa shape index (κ3) is 5.51. The standard InChI is InChI=1S/C21H24Cl2N2O3S/c1-14-3-6-20(15(2)11-14)24-21(26)17-7-9-25(10-8-17)29(27,28)13-16-4-5-18(22)19(23)12-16/h3-6,11-12,17H,7-10,13H2,1-2H3,(H,24,26). The van der Waals surface area contributed by atoms with Crippen molar-refractivity contribution in [1.82, 2.24) is 4.31 Å². The van der Waals surface area contributed by atoms with Crippen LogP contribution in [0.4, 0.5) is 5.69 Å². The first-order valence-electron chi connectivity index (χ1n) is 9.45. The van der Waals surface area contributed by atoms with E-state index in [1.54, 1.807) is 18.2 Å². The van der Waals surface area contributed by atoms with E-state index in [2.05, 4.69) is 5.32 Å². The van der Waals surface area contributed by atoms with Crippen molar-refractivity contribution < 1.29 is 13.2 Å². The fourth-order valence-corrected chi connectivity index (χ4v) is 5.39. The lowest BCUT2D eigenvalue weighted by Gasteiger charge is -2.30. The van der Waals surface area contributed by atoms with E-state index in [-0.39, 0.29) is 17.6 Å². The number of carbonyl (C=O) groups excluding carboxylic acids is 1. The molecule has 1 saturated heterocycles. The van der Waals surface area contributed by atoms with Crippen LogP contribution in [0.3, 0.4) is 0 Å². The van der Waals surface area contributed by atoms with Gasteiger partial charge in [0.05, 0.1) is 15.8 Å². The van der Waals surface area contributed by atoms with Crippen molar-refractivity contribution in [3.63, 3.8) is 0 Å². The Kier molecular flexibility index (Phi) is 6.89. The van der Waals surface area contributed by atoms with E-state index in [0.29, 0.717) is 41.5 Å². The second kappa shape index (κ2) is 9.04. The molecule has 8 heteroatoms. The van der Waals surface area contributed by atoms with E-state index in [0.717, 1.165) is 16.8 Å². The number of benzene rings is 2. The van der Waals surface area contributed by atoms with Gasteiger partial charge < -0.3 is 5.32 Å². The number of anilines is 1. The Hall–Kier alpha value is -1.60. The molecule has 156 valence electrons. The van der Waals surface area contributed by atoms with Gasteiger partial charge in [-0.05, 0) is 56.0 Å². The third-order valence-electron chi connectivity index (χ3n) is 5.19. The van der Waals surface area contributed by atoms with Crippen molar-refractivity contribution in [2.24, 2.45) is 5.92 Å². The van der Waals surface area contributed by atoms with Crippen molar-refractivity contribution in [3.05, 3.63) is 63.1 Å². The molecule has 0 aliphatic carbocycles. The number of halogens is 2. The number of hydrogen-bond acceptors (Lipinski definition) is 3. The number of nitrogens with zero attached hydrogens (tertiary/aromatic N) is 1. The minimum absolute atomic E-state index is 0.0570. The molecule has 29 heavy (non-hydrogen) atoms. The molecule has 5 nitrogen and oxygen atoms in total. The van der Waals surface area contributed by atoms with Gasteiger partial charge in [-0.3, -0.25) is 4.79 Å². The van der Waals surface area contributed by atoms with Gasteiger partial charge in [0.15, 0.2) is 0 Å². The van der Waals surface area contributed by atoms with E-state index in [9.17, 15) is 13.2 Å². The second-order valence-corrected chi connectivity index (χ2v) is 10.3. The zero-order valence-corrected chi connectivity index (χ0v) is 18.7. The molecule has 1 aliphatic rings. The summed E-state index contributed by atoms with van der Waals surface area (Å²) >= 11 is 11.9. The Bertz CT molecular complexity index is 1020. The van der Waals surface area contributed by atoms with Crippen molar-refractivity contribution >= 4 is 44.8 Å². The Balaban J connectivity index is 1.58. The van der Waals surface area contributed by atoms with Crippen LogP contribution >= 0.6 is 23.2 Å². The van der Waals surface area contributed by atoms with Gasteiger partial charge in [-0.2, -0.15) is 0 Å². The maximum atomic E-state index is 12.7. The van der Waals surface area contributed by atoms with Crippen LogP contribution in [0, 0.1) is 19.8 Å². The number of carbonyl (C=O) groups is 1. The van der Waals surface area contributed by atoms with Crippen molar-refractivity contribution in [2.45, 2.75) is 32.4 Å². The third-order valence-corrected chi connectivity index (χ3v) is 7.78. The summed E-state index contributed by atoms with van der Waals surface area (Å²) in [7, 11) is -3.49. The average Bonchev–Trinajstić information content (AvgIpc) is 2.67. The normalized spacial score (nSPS) is 16.0. The number of hydrogen-bond donors (Lipinski definition) is 1. The lowest BCUT2D eigenvalue weighted by Crippen LogP contribution is -2.41. The predicted octanol–water partition coefficient (Wildman–Crippen LogP) is 4.79. The molecule has 0 radical (unpaired) electrons. The van der Waals surface area contributed by atoms with Gasteiger partial charge in [0.1, 0.15) is 0 Å². The zero-order chi connectivity index (χ0) is 21.2. The molecular formula is C21H24Cl2N2O3S. The largest absolute Gasteiger partial charge is 0.326 e. The molecule has 1 N–H and O–H groups in total. The molecule has 1 heterocycles. The fourth-order valence-electron chi connectivity index (χ4n) is 3.52. The predicted molar refractivity (Wildman–Crippen MR) is 118 cm³/mol. The lowest BCUT2D eigenvalue weighted by atomic mass is 9.97. The smallest absolute Gasteiger partial charge is 0.227 e. The van der Waals surface area contributed by atoms with Gasteiger partial charge in [-0.1, -0.05) is 47.0 Å². The summed E-state index contributed by atoms with van der Waals surface area (Å²) in [5.74, 6) is -0.394. The number of sulfonamides is 1. The van der Waals surface area contributed by atoms with Gasteiger partial charge in [-0.15, -0.1) is 0 Å². The minimum Gasteiger partial charge on any atom is -0.326 e. The highest BCUT2D eigenvalue weighted by Crippen LogP contribution is 2.27. The maximum absolute atomic E-state index is 12.7. The highest BCUT2D eigenvalue weighted by Gasteiger charge is 2.31. The van der Waals surface area contributed by atoms with Crippen LogP contribution in [0.25, 0.3) is 0 Å². The van der Waals surface area contributed by atoms with Crippen LogP contribution in [0.2, 0.25) is 10.0 Å². The van der Waals surface area contributed by atoms with Crippen LogP contribution in [-0.2, 0) is 20.6 Å². The van der Waals surface area contributed by atoms with Gasteiger partial charge in [0, 0.05) is 24.7 Å². The molecule has 1 fully saturated rings. The Morgan fingerprint density at radius 1 is 1.07 bits per heavy atom. The Labute approximate surface area is 182 Å². The van der Waals surface area contributed by atoms with E-state index in [1.807, 2.05) is 32.0 Å². The molecule has 3 rings (SSSR count). The quantitative estimate of drug-likeness (QED) is 0.705. The minimum atomic E-state index is -3.49. The summed E-state index contributed by atoms with van der Waals surface area (Å²) in [5.41, 5.74) is 3.55. The summed E-state index contributed by atoms with van der Waals surface area (Å²) in [4.78, 5) is 12.6. The Morgan fingerprint density at radius 2 is 1.76 bits per heavy atom. The molecule has 0 spiro atoms. The van der Waals surface area contributed by atoms with Gasteiger partial charge in [-0.25, -0.2) is 12.7 Å². The first kappa shape index (κ1) is 22.1. The van der Waals surface area contributed by atoms with Crippen LogP contribution in [-0.4, -0.2) is 31.7 Å². The summed E-state index contributed by atoms with van der Waals surface area (Å²) in [5, 5.41) is 3.70. The number of nitrogens with one attached hydrogen (secondary N) is 1. The summed E-state index contributed by atoms with van der Waals surface area (Å²) in [6.07, 6.45) is 0.995. The monoisotopic (exact) mass is 454 g/mol. The van der Waals surface area contributed by atoms with E-state index < -0.39 is 10.0 Å². The molecule has 0 bridgehead atoms. The number of aryl methyl sites for hydroxylation is 2. The van der Waals surface area contributed by atoms with Crippen LogP contribution in [0.5, 0.6) is 0 Å². The molecule has 2 aromatic carbocycles. The molecule has 0 aromatic heterocycles. The summed E-state index contributed by atoms with van der Waals surface area (Å²) < 4.78 is 26.9. The molecule has 2 aromatic rings. The van der Waals surface area contributed by atoms with E-state index in [4.69, 9.17) is 23.2 Å². The van der Waals surface area contributed by atoms with Crippen LogP contribution in [0.15, 0.2) is 36.4 Å². The van der Waals surface area contributed by atoms with Gasteiger partial charge in [0.25, 0.3) is 0 Å². The first-order valence-corrected chi connectivity index (χ1v) is 11.8. The molecular weight excluding hydrogens is 431 g/mol. The summed E-state index contributed by atoms with van der Waals surface area (Å²) in [6.45, 7) is 4.62. The molecule has 1 amide bonds. The van der Waals surface area contributed by atoms with E-state index in [1.165, 1.54) is 4.31 Å². The zero-order valence-electron chi connectivity index (χ0n) is 16.4. The maximum Gasteiger partial charge on any atom is 0.227 e. The highest BCUT2D eigenvalue weighted by atomic mass is 35.5. The van der Waals surface area contributed by atoms with Crippen molar-refractivity contribution in [1.29, 1.82) is 0 Å². The number of amides is 1. The fraction of sp³-hybridized carbons (Fsp3) is 0.381. The van der Waals surface area contributed by atoms with Crippen LogP contribution in [0.1, 0.15) is 29.5 Å². The van der Waals surface area contributed by atoms with Gasteiger partial charge in [0.2, 0.25) is 15.9 Å². The van der Waals surface area contributed by atoms with Crippen molar-refractivity contribution in [3.8, 4) is 0 Å². The molecule has 0 unspecified atom stereocenters. The second-order valence-electron chi connectivity index (χ2n) is 7.49. The molecule has 0 atom stereocenters. The average molecular weight is 455 g/mol. The highest BCUT2D eigenvalue weighted by molar-refractivity contribution is 7.88. The molecule has 1 aliphatic heterocycles. The van der Waals surface area contributed by atoms with Gasteiger partial charge >= 0.3 is 0 Å². The number of rotatable bonds is 5. The number of piperidine rings is 1. The topological polar surface area (TPSA) is 66.5 Å². The molecule has 0 saturated carbocycles.